The van der Waals surface area contributed by atoms with Crippen LogP contribution in [0.5, 0.6) is 11.5 Å². The zero-order valence-corrected chi connectivity index (χ0v) is 26.0. The number of rotatable bonds is 7. The van der Waals surface area contributed by atoms with Crippen molar-refractivity contribution >= 4 is 23.2 Å². The molecule has 238 valence electrons. The molecule has 4 heterocycles. The Kier molecular flexibility index (Phi) is 9.12. The molecule has 2 aliphatic heterocycles. The van der Waals surface area contributed by atoms with Gasteiger partial charge in [-0.05, 0) is 56.9 Å². The van der Waals surface area contributed by atoms with Gasteiger partial charge in [0.05, 0.1) is 23.1 Å². The summed E-state index contributed by atoms with van der Waals surface area (Å²) in [6.07, 6.45) is -1.68. The number of alkyl halides is 3. The van der Waals surface area contributed by atoms with Gasteiger partial charge in [-0.3, -0.25) is 14.6 Å². The van der Waals surface area contributed by atoms with Crippen molar-refractivity contribution in [3.05, 3.63) is 75.7 Å². The minimum Gasteiger partial charge on any atom is -0.508 e. The van der Waals surface area contributed by atoms with Crippen molar-refractivity contribution in [2.45, 2.75) is 75.6 Å². The number of likely N-dealkylation sites (tertiary alicyclic amines) is 2. The quantitative estimate of drug-likeness (QED) is 0.317. The molecule has 3 aromatic rings. The number of nitrogens with zero attached hydrogens (tertiary/aromatic N) is 4. The number of hydrogen-bond donors (Lipinski definition) is 1. The van der Waals surface area contributed by atoms with Gasteiger partial charge < -0.3 is 19.6 Å². The van der Waals surface area contributed by atoms with E-state index in [0.29, 0.717) is 30.6 Å². The number of ether oxygens (including phenoxy) is 1. The maximum Gasteiger partial charge on any atom is 0.418 e. The smallest absolute Gasteiger partial charge is 0.418 e. The number of carbonyl (C=O) groups is 2. The molecule has 2 atom stereocenters. The number of carbonyl (C=O) groups excluding carboxylic acids is 2. The second-order valence-corrected chi connectivity index (χ2v) is 12.8. The number of benzene rings is 1. The first-order valence-corrected chi connectivity index (χ1v) is 15.9. The number of phenolic OH excluding ortho intramolecular Hbond substituents is 1. The Bertz CT molecular complexity index is 1590. The molecule has 2 saturated heterocycles. The molecule has 12 heteroatoms. The van der Waals surface area contributed by atoms with Crippen LogP contribution in [-0.4, -0.2) is 63.0 Å². The lowest BCUT2D eigenvalue weighted by molar-refractivity contribution is -0.160. The second kappa shape index (κ2) is 12.7. The highest BCUT2D eigenvalue weighted by Gasteiger charge is 2.56. The van der Waals surface area contributed by atoms with Crippen molar-refractivity contribution in [3.8, 4) is 17.6 Å². The van der Waals surface area contributed by atoms with Gasteiger partial charge in [-0.1, -0.05) is 31.5 Å². The first-order chi connectivity index (χ1) is 21.5. The highest BCUT2D eigenvalue weighted by Crippen LogP contribution is 2.43. The molecule has 5 rings (SSSR count). The number of aromatic hydroxyl groups is 1. The third kappa shape index (κ3) is 6.10. The van der Waals surface area contributed by atoms with Gasteiger partial charge in [-0.15, -0.1) is 11.3 Å². The summed E-state index contributed by atoms with van der Waals surface area (Å²) < 4.78 is 48.4. The zero-order chi connectivity index (χ0) is 32.4. The molecular weight excluding hydrogens is 605 g/mol. The number of nitriles is 1. The number of piperidine rings is 2. The molecule has 2 amide bonds. The predicted molar refractivity (Wildman–Crippen MR) is 162 cm³/mol. The first-order valence-electron chi connectivity index (χ1n) is 15.0. The average molecular weight is 641 g/mol. The number of hydrogen-bond acceptors (Lipinski definition) is 7. The average Bonchev–Trinajstić information content (AvgIpc) is 3.45. The van der Waals surface area contributed by atoms with Gasteiger partial charge in [0, 0.05) is 48.1 Å². The van der Waals surface area contributed by atoms with Gasteiger partial charge in [0.2, 0.25) is 5.60 Å². The zero-order valence-electron chi connectivity index (χ0n) is 25.1. The van der Waals surface area contributed by atoms with Crippen LogP contribution in [0.4, 0.5) is 13.2 Å². The maximum atomic E-state index is 14.7. The minimum atomic E-state index is -4.79. The van der Waals surface area contributed by atoms with Crippen LogP contribution in [0.3, 0.4) is 0 Å². The molecule has 45 heavy (non-hydrogen) atoms. The highest BCUT2D eigenvalue weighted by molar-refractivity contribution is 7.10. The third-order valence-corrected chi connectivity index (χ3v) is 9.75. The summed E-state index contributed by atoms with van der Waals surface area (Å²) in [5.41, 5.74) is -3.90. The molecule has 0 aliphatic carbocycles. The Labute approximate surface area is 264 Å². The van der Waals surface area contributed by atoms with Gasteiger partial charge in [-0.25, -0.2) is 0 Å². The number of aromatic nitrogens is 1. The molecule has 0 saturated carbocycles. The van der Waals surface area contributed by atoms with E-state index < -0.39 is 40.4 Å². The number of thiophene rings is 1. The van der Waals surface area contributed by atoms with Crippen molar-refractivity contribution in [2.75, 3.05) is 19.6 Å². The Hall–Kier alpha value is -4.11. The van der Waals surface area contributed by atoms with Crippen LogP contribution in [0, 0.1) is 18.3 Å². The Balaban J connectivity index is 1.52. The van der Waals surface area contributed by atoms with E-state index in [1.54, 1.807) is 34.5 Å². The van der Waals surface area contributed by atoms with E-state index in [9.17, 15) is 33.1 Å². The molecule has 2 fully saturated rings. The van der Waals surface area contributed by atoms with Crippen LogP contribution in [-0.2, 0) is 16.4 Å². The molecular formula is C33H35F3N4O4S. The number of pyridine rings is 1. The molecule has 1 aromatic carbocycles. The molecule has 0 bridgehead atoms. The fourth-order valence-electron chi connectivity index (χ4n) is 6.71. The van der Waals surface area contributed by atoms with Crippen molar-refractivity contribution in [3.63, 3.8) is 0 Å². The number of para-hydroxylation sites is 1. The Morgan fingerprint density at radius 2 is 1.89 bits per heavy atom. The number of aryl methyl sites for hydroxylation is 1. The summed E-state index contributed by atoms with van der Waals surface area (Å²) in [6.45, 7) is 4.32. The van der Waals surface area contributed by atoms with Gasteiger partial charge in [-0.2, -0.15) is 18.4 Å². The normalized spacial score (nSPS) is 21.6. The first kappa shape index (κ1) is 32.3. The Morgan fingerprint density at radius 1 is 1.16 bits per heavy atom. The third-order valence-electron chi connectivity index (χ3n) is 8.91. The topological polar surface area (TPSA) is 107 Å². The molecule has 2 aromatic heterocycles. The summed E-state index contributed by atoms with van der Waals surface area (Å²) in [6, 6.07) is 12.0. The van der Waals surface area contributed by atoms with E-state index in [0.717, 1.165) is 23.2 Å². The standard InChI is InChI=1S/C33H35F3N4O4S/c1-3-8-27-32(44-23-19-22(2)45-20-23,12-7-16-40(27)29(42)28-25(33(34,35)36)10-6-15-38-28)30(43)39-17-13-31(21-37,14-18-39)24-9-4-5-11-26(24)41/h4-6,9-11,15,19-20,27,41H,3,7-8,12-14,16-18H2,1-2H3/t27-,32+/m1/s1. The fraction of sp³-hybridized carbons (Fsp3) is 0.455. The number of phenols is 1. The van der Waals surface area contributed by atoms with Crippen LogP contribution in [0.1, 0.15) is 71.9 Å². The summed E-state index contributed by atoms with van der Waals surface area (Å²) in [5.74, 6) is -0.801. The Morgan fingerprint density at radius 3 is 2.51 bits per heavy atom. The van der Waals surface area contributed by atoms with Crippen molar-refractivity contribution in [1.29, 1.82) is 5.26 Å². The van der Waals surface area contributed by atoms with Gasteiger partial charge in [0.1, 0.15) is 17.2 Å². The SMILES string of the molecule is CCC[C@H]1N(C(=O)c2ncccc2C(F)(F)F)CCC[C@@]1(Oc1csc(C)c1)C(=O)N1CCC(C#N)(c2ccccc2O)CC1. The number of amides is 2. The lowest BCUT2D eigenvalue weighted by Crippen LogP contribution is -2.68. The maximum absolute atomic E-state index is 14.7. The van der Waals surface area contributed by atoms with Crippen molar-refractivity contribution < 1.29 is 32.6 Å². The van der Waals surface area contributed by atoms with E-state index in [1.807, 2.05) is 13.8 Å². The summed E-state index contributed by atoms with van der Waals surface area (Å²) in [7, 11) is 0. The van der Waals surface area contributed by atoms with Crippen LogP contribution in [0.2, 0.25) is 0 Å². The summed E-state index contributed by atoms with van der Waals surface area (Å²) in [5, 5.41) is 22.5. The molecule has 0 radical (unpaired) electrons. The predicted octanol–water partition coefficient (Wildman–Crippen LogP) is 6.48. The summed E-state index contributed by atoms with van der Waals surface area (Å²) in [4.78, 5) is 36.4. The van der Waals surface area contributed by atoms with Crippen LogP contribution < -0.4 is 4.74 Å². The van der Waals surface area contributed by atoms with E-state index in [-0.39, 0.29) is 50.6 Å². The van der Waals surface area contributed by atoms with Gasteiger partial charge in [0.15, 0.2) is 0 Å². The van der Waals surface area contributed by atoms with Crippen molar-refractivity contribution in [1.82, 2.24) is 14.8 Å². The largest absolute Gasteiger partial charge is 0.508 e. The molecule has 2 aliphatic rings. The second-order valence-electron chi connectivity index (χ2n) is 11.7. The lowest BCUT2D eigenvalue weighted by Gasteiger charge is -2.51. The van der Waals surface area contributed by atoms with Crippen LogP contribution in [0.25, 0.3) is 0 Å². The van der Waals surface area contributed by atoms with Gasteiger partial charge in [0.25, 0.3) is 11.8 Å². The number of halogens is 3. The molecule has 8 nitrogen and oxygen atoms in total. The molecule has 1 N–H and O–H groups in total. The molecule has 0 spiro atoms. The highest BCUT2D eigenvalue weighted by atomic mass is 32.1. The molecule has 0 unspecified atom stereocenters. The van der Waals surface area contributed by atoms with Crippen LogP contribution in [0.15, 0.2) is 54.0 Å². The van der Waals surface area contributed by atoms with Crippen molar-refractivity contribution in [2.24, 2.45) is 0 Å². The monoisotopic (exact) mass is 640 g/mol. The minimum absolute atomic E-state index is 0.0173. The summed E-state index contributed by atoms with van der Waals surface area (Å²) >= 11 is 1.44. The fourth-order valence-corrected chi connectivity index (χ4v) is 7.31. The van der Waals surface area contributed by atoms with E-state index in [2.05, 4.69) is 11.1 Å². The van der Waals surface area contributed by atoms with Gasteiger partial charge >= 0.3 is 6.18 Å². The van der Waals surface area contributed by atoms with E-state index >= 15 is 0 Å². The lowest BCUT2D eigenvalue weighted by atomic mass is 9.73. The van der Waals surface area contributed by atoms with Crippen LogP contribution >= 0.6 is 11.3 Å². The van der Waals surface area contributed by atoms with E-state index in [1.165, 1.54) is 22.3 Å². The van der Waals surface area contributed by atoms with E-state index in [4.69, 9.17) is 4.74 Å².